The number of nitrogens with one attached hydrogen (secondary N) is 1. The monoisotopic (exact) mass is 126 g/mol. The van der Waals surface area contributed by atoms with Crippen LogP contribution in [0.25, 0.3) is 0 Å². The van der Waals surface area contributed by atoms with Gasteiger partial charge in [-0.15, -0.1) is 0 Å². The zero-order chi connectivity index (χ0) is 6.27. The van der Waals surface area contributed by atoms with Crippen LogP contribution in [0.1, 0.15) is 25.7 Å². The second kappa shape index (κ2) is 1.96. The van der Waals surface area contributed by atoms with Gasteiger partial charge in [0.15, 0.2) is 0 Å². The summed E-state index contributed by atoms with van der Waals surface area (Å²) in [6, 6.07) is 2.02. The summed E-state index contributed by atoms with van der Waals surface area (Å²) in [6.07, 6.45) is 5.13. The molecule has 0 radical (unpaired) electrons. The minimum atomic E-state index is 0.490. The predicted octanol–water partition coefficient (Wildman–Crippen LogP) is 0.228. The summed E-state index contributed by atoms with van der Waals surface area (Å²) in [5.74, 6) is 0. The molecule has 2 nitrogen and oxygen atoms in total. The van der Waals surface area contributed by atoms with Crippen LogP contribution in [0.2, 0.25) is 0 Å². The SMILES string of the molecule is NC1C[C@@H]2CC[C@@H](C1)N2. The molecule has 0 aromatic rings. The summed E-state index contributed by atoms with van der Waals surface area (Å²) in [6.45, 7) is 0. The normalized spacial score (nSPS) is 49.7. The van der Waals surface area contributed by atoms with Crippen molar-refractivity contribution in [1.82, 2.24) is 5.32 Å². The first-order chi connectivity index (χ1) is 4.34. The molecule has 2 heteroatoms. The Morgan fingerprint density at radius 2 is 1.67 bits per heavy atom. The zero-order valence-electron chi connectivity index (χ0n) is 5.64. The van der Waals surface area contributed by atoms with Crippen molar-refractivity contribution in [2.24, 2.45) is 5.73 Å². The van der Waals surface area contributed by atoms with Gasteiger partial charge >= 0.3 is 0 Å². The Morgan fingerprint density at radius 1 is 1.11 bits per heavy atom. The molecule has 0 saturated carbocycles. The molecule has 2 rings (SSSR count). The van der Waals surface area contributed by atoms with Gasteiger partial charge in [-0.1, -0.05) is 0 Å². The van der Waals surface area contributed by atoms with Gasteiger partial charge in [-0.05, 0) is 25.7 Å². The van der Waals surface area contributed by atoms with E-state index in [9.17, 15) is 0 Å². The number of hydrogen-bond donors (Lipinski definition) is 2. The Hall–Kier alpha value is -0.0800. The number of nitrogens with two attached hydrogens (primary N) is 1. The van der Waals surface area contributed by atoms with Crippen LogP contribution in [-0.4, -0.2) is 18.1 Å². The smallest absolute Gasteiger partial charge is 0.00849 e. The minimum absolute atomic E-state index is 0.490. The first kappa shape index (κ1) is 5.69. The molecule has 2 fully saturated rings. The average molecular weight is 126 g/mol. The van der Waals surface area contributed by atoms with Crippen LogP contribution < -0.4 is 11.1 Å². The highest BCUT2D eigenvalue weighted by atomic mass is 15.0. The maximum Gasteiger partial charge on any atom is 0.00849 e. The number of hydrogen-bond acceptors (Lipinski definition) is 2. The van der Waals surface area contributed by atoms with E-state index in [2.05, 4.69) is 5.32 Å². The van der Waals surface area contributed by atoms with Gasteiger partial charge in [0.1, 0.15) is 0 Å². The number of fused-ring (bicyclic) bond motifs is 2. The van der Waals surface area contributed by atoms with E-state index in [1.807, 2.05) is 0 Å². The maximum absolute atomic E-state index is 5.82. The summed E-state index contributed by atoms with van der Waals surface area (Å²) in [7, 11) is 0. The van der Waals surface area contributed by atoms with Crippen molar-refractivity contribution in [1.29, 1.82) is 0 Å². The fraction of sp³-hybridized carbons (Fsp3) is 1.00. The van der Waals surface area contributed by atoms with Crippen molar-refractivity contribution in [3.63, 3.8) is 0 Å². The molecule has 0 unspecified atom stereocenters. The van der Waals surface area contributed by atoms with Crippen molar-refractivity contribution in [3.05, 3.63) is 0 Å². The van der Waals surface area contributed by atoms with E-state index in [0.29, 0.717) is 6.04 Å². The number of piperidine rings is 1. The Morgan fingerprint density at radius 3 is 2.22 bits per heavy atom. The van der Waals surface area contributed by atoms with E-state index in [1.54, 1.807) is 0 Å². The van der Waals surface area contributed by atoms with Crippen LogP contribution in [0.5, 0.6) is 0 Å². The van der Waals surface area contributed by atoms with E-state index in [1.165, 1.54) is 25.7 Å². The summed E-state index contributed by atoms with van der Waals surface area (Å²) >= 11 is 0. The minimum Gasteiger partial charge on any atom is -0.328 e. The van der Waals surface area contributed by atoms with Gasteiger partial charge in [0.2, 0.25) is 0 Å². The van der Waals surface area contributed by atoms with Crippen molar-refractivity contribution in [3.8, 4) is 0 Å². The fourth-order valence-corrected chi connectivity index (χ4v) is 2.10. The molecule has 52 valence electrons. The molecule has 9 heavy (non-hydrogen) atoms. The Balaban J connectivity index is 2.03. The lowest BCUT2D eigenvalue weighted by Gasteiger charge is -2.25. The molecule has 0 aromatic carbocycles. The molecule has 2 bridgehead atoms. The van der Waals surface area contributed by atoms with Crippen molar-refractivity contribution < 1.29 is 0 Å². The lowest BCUT2D eigenvalue weighted by atomic mass is 10.0. The Bertz CT molecular complexity index is 101. The summed E-state index contributed by atoms with van der Waals surface area (Å²) in [4.78, 5) is 0. The first-order valence-electron chi connectivity index (χ1n) is 3.86. The van der Waals surface area contributed by atoms with Gasteiger partial charge in [0, 0.05) is 18.1 Å². The van der Waals surface area contributed by atoms with Crippen LogP contribution in [-0.2, 0) is 0 Å². The predicted molar refractivity (Wildman–Crippen MR) is 37.2 cm³/mol. The van der Waals surface area contributed by atoms with Gasteiger partial charge in [0.05, 0.1) is 0 Å². The van der Waals surface area contributed by atoms with Crippen LogP contribution in [0.15, 0.2) is 0 Å². The summed E-state index contributed by atoms with van der Waals surface area (Å²) < 4.78 is 0. The number of rotatable bonds is 0. The standard InChI is InChI=1S/C7H14N2/c8-5-3-6-1-2-7(4-5)9-6/h5-7,9H,1-4,8H2/t6-,7-/m0/s1. The molecule has 2 saturated heterocycles. The molecular formula is C7H14N2. The summed E-state index contributed by atoms with van der Waals surface area (Å²) in [5.41, 5.74) is 5.82. The molecule has 0 aliphatic carbocycles. The lowest BCUT2D eigenvalue weighted by molar-refractivity contribution is 0.363. The largest absolute Gasteiger partial charge is 0.328 e. The van der Waals surface area contributed by atoms with E-state index < -0.39 is 0 Å². The van der Waals surface area contributed by atoms with Gasteiger partial charge in [-0.2, -0.15) is 0 Å². The van der Waals surface area contributed by atoms with Crippen molar-refractivity contribution >= 4 is 0 Å². The topological polar surface area (TPSA) is 38.0 Å². The molecule has 2 aliphatic heterocycles. The van der Waals surface area contributed by atoms with E-state index in [-0.39, 0.29) is 0 Å². The zero-order valence-corrected chi connectivity index (χ0v) is 5.64. The summed E-state index contributed by atoms with van der Waals surface area (Å²) in [5, 5.41) is 3.54. The van der Waals surface area contributed by atoms with E-state index >= 15 is 0 Å². The van der Waals surface area contributed by atoms with E-state index in [4.69, 9.17) is 5.73 Å². The van der Waals surface area contributed by atoms with Crippen molar-refractivity contribution in [2.75, 3.05) is 0 Å². The third kappa shape index (κ3) is 0.970. The highest BCUT2D eigenvalue weighted by Gasteiger charge is 2.31. The van der Waals surface area contributed by atoms with Gasteiger partial charge in [0.25, 0.3) is 0 Å². The maximum atomic E-state index is 5.82. The third-order valence-electron chi connectivity index (χ3n) is 2.51. The van der Waals surface area contributed by atoms with Gasteiger partial charge < -0.3 is 11.1 Å². The average Bonchev–Trinajstić information content (AvgIpc) is 2.11. The Kier molecular flexibility index (Phi) is 1.24. The van der Waals surface area contributed by atoms with E-state index in [0.717, 1.165) is 12.1 Å². The van der Waals surface area contributed by atoms with Crippen molar-refractivity contribution in [2.45, 2.75) is 43.8 Å². The second-order valence-corrected chi connectivity index (χ2v) is 3.37. The molecular weight excluding hydrogens is 112 g/mol. The van der Waals surface area contributed by atoms with Crippen LogP contribution in [0, 0.1) is 0 Å². The fourth-order valence-electron chi connectivity index (χ4n) is 2.10. The molecule has 0 aromatic heterocycles. The highest BCUT2D eigenvalue weighted by molar-refractivity contribution is 4.93. The van der Waals surface area contributed by atoms with Crippen LogP contribution in [0.3, 0.4) is 0 Å². The van der Waals surface area contributed by atoms with Gasteiger partial charge in [-0.3, -0.25) is 0 Å². The highest BCUT2D eigenvalue weighted by Crippen LogP contribution is 2.25. The molecule has 0 spiro atoms. The Labute approximate surface area is 55.8 Å². The lowest BCUT2D eigenvalue weighted by Crippen LogP contribution is -2.43. The molecule has 2 heterocycles. The molecule has 3 N–H and O–H groups in total. The molecule has 0 amide bonds. The first-order valence-corrected chi connectivity index (χ1v) is 3.86. The molecule has 2 atom stereocenters. The molecule has 2 aliphatic rings. The van der Waals surface area contributed by atoms with Crippen LogP contribution >= 0.6 is 0 Å². The van der Waals surface area contributed by atoms with Gasteiger partial charge in [-0.25, -0.2) is 0 Å². The second-order valence-electron chi connectivity index (χ2n) is 3.37. The van der Waals surface area contributed by atoms with Crippen LogP contribution in [0.4, 0.5) is 0 Å². The third-order valence-corrected chi connectivity index (χ3v) is 2.51. The quantitative estimate of drug-likeness (QED) is 0.487.